The molecule has 3 aromatic rings. The van der Waals surface area contributed by atoms with Crippen LogP contribution in [0, 0.1) is 36.8 Å². The van der Waals surface area contributed by atoms with Gasteiger partial charge in [0, 0.05) is 19.0 Å². The zero-order chi connectivity index (χ0) is 20.3. The van der Waals surface area contributed by atoms with Crippen molar-refractivity contribution >= 4 is 11.4 Å². The number of nitrogens with zero attached hydrogens (tertiary/aromatic N) is 3. The van der Waals surface area contributed by atoms with Gasteiger partial charge in [-0.25, -0.2) is 13.8 Å². The minimum Gasteiger partial charge on any atom is -0.485 e. The molecule has 0 atom stereocenters. The molecule has 0 amide bonds. The average molecular weight is 383 g/mol. The lowest BCUT2D eigenvalue weighted by Gasteiger charge is -2.11. The molecule has 1 aromatic carbocycles. The van der Waals surface area contributed by atoms with Crippen LogP contribution in [0.4, 0.5) is 8.78 Å². The maximum atomic E-state index is 13.9. The van der Waals surface area contributed by atoms with Crippen LogP contribution in [0.3, 0.4) is 0 Å². The van der Waals surface area contributed by atoms with Gasteiger partial charge in [-0.15, -0.1) is 0 Å². The second-order valence-electron chi connectivity index (χ2n) is 6.54. The molecule has 0 radical (unpaired) electrons. The Hall–Kier alpha value is -3.27. The van der Waals surface area contributed by atoms with E-state index in [1.807, 2.05) is 13.0 Å². The summed E-state index contributed by atoms with van der Waals surface area (Å²) in [6.45, 7) is 3.25. The zero-order valence-corrected chi connectivity index (χ0v) is 15.6. The van der Waals surface area contributed by atoms with Gasteiger partial charge in [0.2, 0.25) is 0 Å². The van der Waals surface area contributed by atoms with Gasteiger partial charge in [0.05, 0.1) is 17.3 Å². The van der Waals surface area contributed by atoms with Gasteiger partial charge in [-0.1, -0.05) is 6.07 Å². The highest BCUT2D eigenvalue weighted by molar-refractivity contribution is 5.96. The Balaban J connectivity index is 1.95. The van der Waals surface area contributed by atoms with Crippen LogP contribution >= 0.6 is 0 Å². The normalized spacial score (nSPS) is 10.8. The summed E-state index contributed by atoms with van der Waals surface area (Å²) in [7, 11) is 0. The SMILES string of the molecule is Cc1cc(OCc2c(F)cccc2F)c2nc(C)c(C(=O)CCCC#N)n2c1. The molecule has 0 saturated heterocycles. The lowest BCUT2D eigenvalue weighted by atomic mass is 10.1. The van der Waals surface area contributed by atoms with Crippen molar-refractivity contribution in [3.8, 4) is 11.8 Å². The van der Waals surface area contributed by atoms with Crippen molar-refractivity contribution in [1.82, 2.24) is 9.38 Å². The highest BCUT2D eigenvalue weighted by Crippen LogP contribution is 2.26. The van der Waals surface area contributed by atoms with Gasteiger partial charge in [0.15, 0.2) is 17.2 Å². The number of ketones is 1. The third-order valence-electron chi connectivity index (χ3n) is 4.39. The van der Waals surface area contributed by atoms with E-state index < -0.39 is 11.6 Å². The molecule has 0 unspecified atom stereocenters. The highest BCUT2D eigenvalue weighted by Gasteiger charge is 2.20. The number of benzene rings is 1. The summed E-state index contributed by atoms with van der Waals surface area (Å²) in [5.41, 5.74) is 2.01. The number of nitriles is 1. The van der Waals surface area contributed by atoms with Crippen LogP contribution in [0.1, 0.15) is 46.6 Å². The third-order valence-corrected chi connectivity index (χ3v) is 4.39. The summed E-state index contributed by atoms with van der Waals surface area (Å²) in [5, 5.41) is 8.65. The molecule has 3 rings (SSSR count). The molecule has 0 aliphatic carbocycles. The smallest absolute Gasteiger partial charge is 0.181 e. The maximum absolute atomic E-state index is 13.9. The van der Waals surface area contributed by atoms with Gasteiger partial charge >= 0.3 is 0 Å². The molecule has 144 valence electrons. The van der Waals surface area contributed by atoms with Crippen molar-refractivity contribution in [2.24, 2.45) is 0 Å². The highest BCUT2D eigenvalue weighted by atomic mass is 19.1. The first-order valence-corrected chi connectivity index (χ1v) is 8.87. The van der Waals surface area contributed by atoms with Crippen molar-refractivity contribution in [2.75, 3.05) is 0 Å². The standard InChI is InChI=1S/C21H19F2N3O2/c1-13-10-19(28-12-15-16(22)6-5-7-17(15)23)21-25-14(2)20(26(21)11-13)18(27)8-3-4-9-24/h5-7,10-11H,3-4,8,12H2,1-2H3. The quantitative estimate of drug-likeness (QED) is 0.439. The number of pyridine rings is 1. The summed E-state index contributed by atoms with van der Waals surface area (Å²) >= 11 is 0. The molecular formula is C21H19F2N3O2. The summed E-state index contributed by atoms with van der Waals surface area (Å²) in [6.07, 6.45) is 2.79. The van der Waals surface area contributed by atoms with Gasteiger partial charge in [0.1, 0.15) is 23.9 Å². The number of Topliss-reactive ketones (excluding diaryl/α,β-unsaturated/α-hetero) is 1. The number of ether oxygens (including phenoxy) is 1. The predicted molar refractivity (Wildman–Crippen MR) is 99.2 cm³/mol. The monoisotopic (exact) mass is 383 g/mol. The average Bonchev–Trinajstić information content (AvgIpc) is 2.97. The van der Waals surface area contributed by atoms with E-state index in [4.69, 9.17) is 10.00 Å². The van der Waals surface area contributed by atoms with Crippen LogP contribution in [0.15, 0.2) is 30.5 Å². The van der Waals surface area contributed by atoms with E-state index in [2.05, 4.69) is 4.98 Å². The molecule has 0 bridgehead atoms. The van der Waals surface area contributed by atoms with Gasteiger partial charge in [-0.3, -0.25) is 9.20 Å². The minimum atomic E-state index is -0.684. The lowest BCUT2D eigenvalue weighted by molar-refractivity contribution is 0.0974. The Morgan fingerprint density at radius 2 is 2.00 bits per heavy atom. The van der Waals surface area contributed by atoms with E-state index >= 15 is 0 Å². The largest absolute Gasteiger partial charge is 0.485 e. The van der Waals surface area contributed by atoms with E-state index in [0.717, 1.165) is 5.56 Å². The Labute approximate surface area is 161 Å². The van der Waals surface area contributed by atoms with E-state index in [0.29, 0.717) is 35.6 Å². The zero-order valence-electron chi connectivity index (χ0n) is 15.6. The van der Waals surface area contributed by atoms with Crippen molar-refractivity contribution in [3.63, 3.8) is 0 Å². The molecule has 5 nitrogen and oxygen atoms in total. The Morgan fingerprint density at radius 1 is 1.29 bits per heavy atom. The molecule has 0 spiro atoms. The summed E-state index contributed by atoms with van der Waals surface area (Å²) in [4.78, 5) is 17.0. The first-order chi connectivity index (χ1) is 13.4. The number of imidazole rings is 1. The van der Waals surface area contributed by atoms with E-state index in [1.54, 1.807) is 23.6 Å². The van der Waals surface area contributed by atoms with Gasteiger partial charge in [-0.05, 0) is 44.0 Å². The van der Waals surface area contributed by atoms with Crippen LogP contribution in [-0.4, -0.2) is 15.2 Å². The summed E-state index contributed by atoms with van der Waals surface area (Å²) in [6, 6.07) is 7.37. The number of carbonyl (C=O) groups is 1. The molecule has 7 heteroatoms. The lowest BCUT2D eigenvalue weighted by Crippen LogP contribution is -2.07. The Morgan fingerprint density at radius 3 is 2.68 bits per heavy atom. The fourth-order valence-corrected chi connectivity index (χ4v) is 3.07. The molecule has 2 heterocycles. The van der Waals surface area contributed by atoms with E-state index in [-0.39, 0.29) is 24.4 Å². The fraction of sp³-hybridized carbons (Fsp3) is 0.286. The topological polar surface area (TPSA) is 67.4 Å². The minimum absolute atomic E-state index is 0.114. The van der Waals surface area contributed by atoms with Crippen molar-refractivity contribution < 1.29 is 18.3 Å². The van der Waals surface area contributed by atoms with E-state index in [1.165, 1.54) is 18.2 Å². The van der Waals surface area contributed by atoms with Gasteiger partial charge < -0.3 is 4.74 Å². The molecule has 0 aliphatic heterocycles. The second kappa shape index (κ2) is 8.17. The van der Waals surface area contributed by atoms with Gasteiger partial charge in [0.25, 0.3) is 0 Å². The molecule has 2 aromatic heterocycles. The molecule has 0 saturated carbocycles. The molecule has 0 N–H and O–H groups in total. The number of hydrogen-bond donors (Lipinski definition) is 0. The first-order valence-electron chi connectivity index (χ1n) is 8.87. The van der Waals surface area contributed by atoms with Crippen LogP contribution in [-0.2, 0) is 6.61 Å². The van der Waals surface area contributed by atoms with Crippen LogP contribution in [0.2, 0.25) is 0 Å². The molecule has 0 aliphatic rings. The van der Waals surface area contributed by atoms with Crippen LogP contribution in [0.25, 0.3) is 5.65 Å². The number of aryl methyl sites for hydroxylation is 2. The van der Waals surface area contributed by atoms with Gasteiger partial charge in [-0.2, -0.15) is 5.26 Å². The van der Waals surface area contributed by atoms with Crippen LogP contribution < -0.4 is 4.74 Å². The Kier molecular flexibility index (Phi) is 5.69. The summed E-state index contributed by atoms with van der Waals surface area (Å²) < 4.78 is 35.0. The number of unbranched alkanes of at least 4 members (excludes halogenated alkanes) is 1. The predicted octanol–water partition coefficient (Wildman–Crippen LogP) is 4.68. The number of halogens is 2. The number of rotatable bonds is 7. The first kappa shape index (κ1) is 19.5. The second-order valence-corrected chi connectivity index (χ2v) is 6.54. The molecule has 0 fully saturated rings. The molecule has 28 heavy (non-hydrogen) atoms. The van der Waals surface area contributed by atoms with Crippen LogP contribution in [0.5, 0.6) is 5.75 Å². The fourth-order valence-electron chi connectivity index (χ4n) is 3.07. The van der Waals surface area contributed by atoms with E-state index in [9.17, 15) is 13.6 Å². The van der Waals surface area contributed by atoms with Crippen molar-refractivity contribution in [3.05, 3.63) is 64.6 Å². The maximum Gasteiger partial charge on any atom is 0.181 e. The Bertz CT molecular complexity index is 1060. The number of fused-ring (bicyclic) bond motifs is 1. The van der Waals surface area contributed by atoms with Crippen molar-refractivity contribution in [2.45, 2.75) is 39.7 Å². The number of hydrogen-bond acceptors (Lipinski definition) is 4. The molecular weight excluding hydrogens is 364 g/mol. The summed E-state index contributed by atoms with van der Waals surface area (Å²) in [5.74, 6) is -1.15. The van der Waals surface area contributed by atoms with Crippen molar-refractivity contribution in [1.29, 1.82) is 5.26 Å². The third kappa shape index (κ3) is 3.86. The number of aromatic nitrogens is 2. The number of carbonyl (C=O) groups excluding carboxylic acids is 1.